The van der Waals surface area contributed by atoms with Gasteiger partial charge in [0.05, 0.1) is 5.56 Å². The van der Waals surface area contributed by atoms with Gasteiger partial charge in [-0.1, -0.05) is 22.4 Å². The molecule has 0 radical (unpaired) electrons. The lowest BCUT2D eigenvalue weighted by Gasteiger charge is -2.17. The topological polar surface area (TPSA) is 41.1 Å². The summed E-state index contributed by atoms with van der Waals surface area (Å²) in [7, 11) is 0. The van der Waals surface area contributed by atoms with Crippen molar-refractivity contribution in [1.82, 2.24) is 10.6 Å². The Bertz CT molecular complexity index is 429. The Morgan fingerprint density at radius 2 is 2.17 bits per heavy atom. The number of halogens is 2. The summed E-state index contributed by atoms with van der Waals surface area (Å²) >= 11 is 6.80. The summed E-state index contributed by atoms with van der Waals surface area (Å²) in [5.74, 6) is -0.0168. The van der Waals surface area contributed by atoms with Crippen molar-refractivity contribution in [1.29, 1.82) is 0 Å². The van der Waals surface area contributed by atoms with E-state index in [0.717, 1.165) is 34.9 Å². The van der Waals surface area contributed by atoms with Crippen LogP contribution in [0.15, 0.2) is 27.1 Å². The second-order valence-electron chi connectivity index (χ2n) is 4.49. The fraction of sp³-hybridized carbons (Fsp3) is 0.462. The first-order chi connectivity index (χ1) is 8.66. The van der Waals surface area contributed by atoms with E-state index in [0.29, 0.717) is 5.56 Å². The lowest BCUT2D eigenvalue weighted by atomic mass is 10.1. The molecular formula is C13H16Br2N2O. The molecule has 18 heavy (non-hydrogen) atoms. The lowest BCUT2D eigenvalue weighted by Crippen LogP contribution is -2.40. The molecule has 0 aliphatic carbocycles. The fourth-order valence-electron chi connectivity index (χ4n) is 2.08. The summed E-state index contributed by atoms with van der Waals surface area (Å²) in [5.41, 5.74) is 0.675. The van der Waals surface area contributed by atoms with Crippen LogP contribution in [-0.2, 0) is 0 Å². The van der Waals surface area contributed by atoms with Gasteiger partial charge < -0.3 is 10.6 Å². The molecule has 0 saturated carbocycles. The van der Waals surface area contributed by atoms with E-state index < -0.39 is 0 Å². The molecule has 1 heterocycles. The monoisotopic (exact) mass is 374 g/mol. The van der Waals surface area contributed by atoms with Crippen molar-refractivity contribution >= 4 is 37.8 Å². The summed E-state index contributed by atoms with van der Waals surface area (Å²) in [6.45, 7) is 1.91. The van der Waals surface area contributed by atoms with Gasteiger partial charge in [-0.05, 0) is 53.5 Å². The van der Waals surface area contributed by atoms with Gasteiger partial charge in [0.15, 0.2) is 0 Å². The van der Waals surface area contributed by atoms with E-state index in [1.165, 1.54) is 6.42 Å². The summed E-state index contributed by atoms with van der Waals surface area (Å²) in [5, 5.41) is 6.44. The third kappa shape index (κ3) is 3.80. The Morgan fingerprint density at radius 1 is 1.33 bits per heavy atom. The minimum atomic E-state index is -0.0168. The van der Waals surface area contributed by atoms with Crippen LogP contribution in [-0.4, -0.2) is 25.0 Å². The molecular weight excluding hydrogens is 360 g/mol. The van der Waals surface area contributed by atoms with Crippen molar-refractivity contribution in [2.24, 2.45) is 0 Å². The number of benzene rings is 1. The molecule has 2 N–H and O–H groups in total. The highest BCUT2D eigenvalue weighted by Crippen LogP contribution is 2.21. The van der Waals surface area contributed by atoms with Crippen molar-refractivity contribution in [2.45, 2.75) is 25.3 Å². The van der Waals surface area contributed by atoms with Crippen molar-refractivity contribution in [3.8, 4) is 0 Å². The molecule has 0 spiro atoms. The zero-order valence-electron chi connectivity index (χ0n) is 10.0. The first kappa shape index (κ1) is 14.0. The molecule has 1 fully saturated rings. The Labute approximate surface area is 124 Å². The SMILES string of the molecule is O=C(NC1CCCCNC1)c1cc(Br)ccc1Br. The molecule has 1 aliphatic heterocycles. The molecule has 1 aromatic carbocycles. The van der Waals surface area contributed by atoms with Crippen LogP contribution in [0.2, 0.25) is 0 Å². The zero-order chi connectivity index (χ0) is 13.0. The second kappa shape index (κ2) is 6.68. The van der Waals surface area contributed by atoms with Crippen LogP contribution in [0.3, 0.4) is 0 Å². The van der Waals surface area contributed by atoms with Crippen molar-refractivity contribution in [3.05, 3.63) is 32.7 Å². The van der Waals surface area contributed by atoms with Crippen molar-refractivity contribution in [2.75, 3.05) is 13.1 Å². The number of rotatable bonds is 2. The smallest absolute Gasteiger partial charge is 0.252 e. The molecule has 1 unspecified atom stereocenters. The van der Waals surface area contributed by atoms with Gasteiger partial charge in [-0.3, -0.25) is 4.79 Å². The summed E-state index contributed by atoms with van der Waals surface area (Å²) in [6, 6.07) is 5.85. The van der Waals surface area contributed by atoms with Gasteiger partial charge in [0.1, 0.15) is 0 Å². The van der Waals surface area contributed by atoms with Gasteiger partial charge in [-0.2, -0.15) is 0 Å². The highest BCUT2D eigenvalue weighted by atomic mass is 79.9. The summed E-state index contributed by atoms with van der Waals surface area (Å²) in [4.78, 5) is 12.2. The fourth-order valence-corrected chi connectivity index (χ4v) is 2.86. The third-order valence-electron chi connectivity index (χ3n) is 3.06. The molecule has 2 rings (SSSR count). The van der Waals surface area contributed by atoms with E-state index in [4.69, 9.17) is 0 Å². The van der Waals surface area contributed by atoms with Gasteiger partial charge in [0, 0.05) is 21.5 Å². The maximum atomic E-state index is 12.2. The number of hydrogen-bond acceptors (Lipinski definition) is 2. The number of carbonyl (C=O) groups is 1. The van der Waals surface area contributed by atoms with Crippen LogP contribution >= 0.6 is 31.9 Å². The minimum Gasteiger partial charge on any atom is -0.348 e. The van der Waals surface area contributed by atoms with E-state index in [-0.39, 0.29) is 11.9 Å². The Hall–Kier alpha value is -0.390. The Kier molecular flexibility index (Phi) is 5.21. The van der Waals surface area contributed by atoms with E-state index in [2.05, 4.69) is 42.5 Å². The van der Waals surface area contributed by atoms with Crippen molar-refractivity contribution < 1.29 is 4.79 Å². The highest BCUT2D eigenvalue weighted by Gasteiger charge is 2.17. The predicted molar refractivity (Wildman–Crippen MR) is 79.8 cm³/mol. The minimum absolute atomic E-state index is 0.0168. The van der Waals surface area contributed by atoms with Crippen LogP contribution in [0, 0.1) is 0 Å². The van der Waals surface area contributed by atoms with E-state index in [1.807, 2.05) is 18.2 Å². The Morgan fingerprint density at radius 3 is 3.00 bits per heavy atom. The number of nitrogens with one attached hydrogen (secondary N) is 2. The van der Waals surface area contributed by atoms with Gasteiger partial charge in [-0.15, -0.1) is 0 Å². The molecule has 1 saturated heterocycles. The molecule has 98 valence electrons. The maximum absolute atomic E-state index is 12.2. The standard InChI is InChI=1S/C13H16Br2N2O/c14-9-4-5-12(15)11(7-9)13(18)17-10-3-1-2-6-16-8-10/h4-5,7,10,16H,1-3,6,8H2,(H,17,18). The molecule has 1 aromatic rings. The number of amides is 1. The van der Waals surface area contributed by atoms with Crippen LogP contribution in [0.1, 0.15) is 29.6 Å². The average Bonchev–Trinajstić information content (AvgIpc) is 2.61. The lowest BCUT2D eigenvalue weighted by molar-refractivity contribution is 0.0934. The summed E-state index contributed by atoms with van der Waals surface area (Å²) in [6.07, 6.45) is 3.40. The van der Waals surface area contributed by atoms with Gasteiger partial charge in [0.2, 0.25) is 0 Å². The molecule has 3 nitrogen and oxygen atoms in total. The van der Waals surface area contributed by atoms with E-state index in [1.54, 1.807) is 0 Å². The predicted octanol–water partition coefficient (Wildman–Crippen LogP) is 3.08. The van der Waals surface area contributed by atoms with Gasteiger partial charge in [0.25, 0.3) is 5.91 Å². The van der Waals surface area contributed by atoms with Crippen LogP contribution < -0.4 is 10.6 Å². The normalized spacial score (nSPS) is 20.2. The van der Waals surface area contributed by atoms with E-state index >= 15 is 0 Å². The van der Waals surface area contributed by atoms with Gasteiger partial charge >= 0.3 is 0 Å². The van der Waals surface area contributed by atoms with E-state index in [9.17, 15) is 4.79 Å². The van der Waals surface area contributed by atoms with Crippen LogP contribution in [0.25, 0.3) is 0 Å². The van der Waals surface area contributed by atoms with Crippen LogP contribution in [0.5, 0.6) is 0 Å². The summed E-state index contributed by atoms with van der Waals surface area (Å²) < 4.78 is 1.74. The first-order valence-corrected chi connectivity index (χ1v) is 7.72. The number of carbonyl (C=O) groups excluding carboxylic acids is 1. The Balaban J connectivity index is 2.04. The highest BCUT2D eigenvalue weighted by molar-refractivity contribution is 9.11. The molecule has 1 amide bonds. The third-order valence-corrected chi connectivity index (χ3v) is 4.24. The largest absolute Gasteiger partial charge is 0.348 e. The molecule has 5 heteroatoms. The molecule has 1 atom stereocenters. The van der Waals surface area contributed by atoms with Crippen LogP contribution in [0.4, 0.5) is 0 Å². The average molecular weight is 376 g/mol. The number of hydrogen-bond donors (Lipinski definition) is 2. The first-order valence-electron chi connectivity index (χ1n) is 6.13. The second-order valence-corrected chi connectivity index (χ2v) is 6.26. The van der Waals surface area contributed by atoms with Gasteiger partial charge in [-0.25, -0.2) is 0 Å². The zero-order valence-corrected chi connectivity index (χ0v) is 13.2. The molecule has 1 aliphatic rings. The molecule has 0 bridgehead atoms. The quantitative estimate of drug-likeness (QED) is 0.833. The molecule has 0 aromatic heterocycles. The van der Waals surface area contributed by atoms with Crippen molar-refractivity contribution in [3.63, 3.8) is 0 Å². The maximum Gasteiger partial charge on any atom is 0.252 e.